The van der Waals surface area contributed by atoms with Gasteiger partial charge in [-0.2, -0.15) is 17.6 Å². The summed E-state index contributed by atoms with van der Waals surface area (Å²) in [6.07, 6.45) is -3.10. The van der Waals surface area contributed by atoms with Gasteiger partial charge in [-0.25, -0.2) is 8.42 Å². The molecule has 1 aromatic heterocycles. The maximum absolute atomic E-state index is 15.3. The molecular formula is C22H24BrF4N3O4S. The Morgan fingerprint density at radius 2 is 1.94 bits per heavy atom. The third kappa shape index (κ3) is 5.12. The fourth-order valence-corrected chi connectivity index (χ4v) is 5.87. The minimum atomic E-state index is -4.83. The van der Waals surface area contributed by atoms with Gasteiger partial charge in [0.15, 0.2) is 0 Å². The summed E-state index contributed by atoms with van der Waals surface area (Å²) in [6, 6.07) is 3.07. The van der Waals surface area contributed by atoms with Gasteiger partial charge in [-0.15, -0.1) is 0 Å². The van der Waals surface area contributed by atoms with Crippen molar-refractivity contribution in [1.29, 1.82) is 0 Å². The molecule has 0 amide bonds. The van der Waals surface area contributed by atoms with E-state index in [2.05, 4.69) is 26.0 Å². The van der Waals surface area contributed by atoms with Crippen LogP contribution in [0.1, 0.15) is 45.6 Å². The van der Waals surface area contributed by atoms with Gasteiger partial charge in [0.1, 0.15) is 10.4 Å². The molecule has 0 radical (unpaired) electrons. The van der Waals surface area contributed by atoms with Crippen LogP contribution in [0.3, 0.4) is 0 Å². The average Bonchev–Trinajstić information content (AvgIpc) is 3.60. The molecule has 1 unspecified atom stereocenters. The van der Waals surface area contributed by atoms with Crippen molar-refractivity contribution < 1.29 is 31.1 Å². The highest BCUT2D eigenvalue weighted by Crippen LogP contribution is 2.48. The molecule has 0 aliphatic heterocycles. The van der Waals surface area contributed by atoms with Crippen molar-refractivity contribution >= 4 is 48.7 Å². The van der Waals surface area contributed by atoms with Crippen LogP contribution in [-0.4, -0.2) is 28.9 Å². The first-order valence-electron chi connectivity index (χ1n) is 10.6. The number of aliphatic hydroxyl groups excluding tert-OH is 1. The van der Waals surface area contributed by atoms with Crippen molar-refractivity contribution in [3.63, 3.8) is 0 Å². The van der Waals surface area contributed by atoms with Gasteiger partial charge in [-0.1, -0.05) is 28.9 Å². The summed E-state index contributed by atoms with van der Waals surface area (Å²) in [6.45, 7) is 4.66. The summed E-state index contributed by atoms with van der Waals surface area (Å²) in [5.41, 5.74) is -3.92. The lowest BCUT2D eigenvalue weighted by atomic mass is 10.1. The number of sulfonamides is 1. The normalized spacial score (nSPS) is 16.7. The number of benzene rings is 1. The molecule has 1 atom stereocenters. The maximum Gasteiger partial charge on any atom is 0.418 e. The third-order valence-corrected chi connectivity index (χ3v) is 8.75. The first-order valence-corrected chi connectivity index (χ1v) is 12.9. The van der Waals surface area contributed by atoms with Crippen molar-refractivity contribution in [2.75, 3.05) is 10.0 Å². The highest BCUT2D eigenvalue weighted by Gasteiger charge is 2.59. The quantitative estimate of drug-likeness (QED) is 0.360. The van der Waals surface area contributed by atoms with Crippen molar-refractivity contribution in [2.24, 2.45) is 0 Å². The number of rotatable bonds is 8. The number of pyridine rings is 1. The molecule has 3 rings (SSSR count). The van der Waals surface area contributed by atoms with E-state index in [9.17, 15) is 31.5 Å². The topological polar surface area (TPSA) is 100 Å². The Kier molecular flexibility index (Phi) is 7.45. The molecule has 2 aromatic rings. The first kappa shape index (κ1) is 27.2. The van der Waals surface area contributed by atoms with Crippen molar-refractivity contribution in [3.05, 3.63) is 56.7 Å². The smallest absolute Gasteiger partial charge is 0.391 e. The predicted molar refractivity (Wildman–Crippen MR) is 130 cm³/mol. The number of hydrogen-bond donors (Lipinski definition) is 3. The van der Waals surface area contributed by atoms with E-state index in [1.54, 1.807) is 13.8 Å². The van der Waals surface area contributed by atoms with E-state index < -0.39 is 61.1 Å². The van der Waals surface area contributed by atoms with Gasteiger partial charge in [0, 0.05) is 16.4 Å². The lowest BCUT2D eigenvalue weighted by molar-refractivity contribution is -0.137. The van der Waals surface area contributed by atoms with E-state index in [-0.39, 0.29) is 29.4 Å². The second-order valence-corrected chi connectivity index (χ2v) is 11.2. The molecule has 1 saturated carbocycles. The van der Waals surface area contributed by atoms with Crippen LogP contribution in [0, 0.1) is 5.82 Å². The monoisotopic (exact) mass is 581 g/mol. The molecule has 3 N–H and O–H groups in total. The molecule has 1 aromatic carbocycles. The Labute approximate surface area is 208 Å². The number of halogens is 5. The molecule has 13 heteroatoms. The van der Waals surface area contributed by atoms with E-state index in [4.69, 9.17) is 0 Å². The van der Waals surface area contributed by atoms with Crippen LogP contribution in [0.15, 0.2) is 39.7 Å². The Balaban J connectivity index is 2.21. The number of alkyl halides is 3. The van der Waals surface area contributed by atoms with Gasteiger partial charge in [-0.3, -0.25) is 14.1 Å². The summed E-state index contributed by atoms with van der Waals surface area (Å²) in [5, 5.41) is 12.6. The largest absolute Gasteiger partial charge is 0.418 e. The lowest BCUT2D eigenvalue weighted by Crippen LogP contribution is -2.40. The van der Waals surface area contributed by atoms with E-state index in [0.717, 1.165) is 22.9 Å². The average molecular weight is 582 g/mol. The first-order chi connectivity index (χ1) is 16.2. The van der Waals surface area contributed by atoms with Gasteiger partial charge < -0.3 is 10.4 Å². The third-order valence-electron chi connectivity index (χ3n) is 6.01. The molecule has 35 heavy (non-hydrogen) atoms. The van der Waals surface area contributed by atoms with Crippen LogP contribution >= 0.6 is 15.9 Å². The van der Waals surface area contributed by atoms with Gasteiger partial charge in [0.2, 0.25) is 15.8 Å². The van der Waals surface area contributed by atoms with E-state index >= 15 is 4.39 Å². The molecule has 1 aliphatic rings. The zero-order valence-electron chi connectivity index (χ0n) is 19.0. The Morgan fingerprint density at radius 1 is 1.31 bits per heavy atom. The van der Waals surface area contributed by atoms with Crippen LogP contribution in [-0.2, 0) is 16.2 Å². The number of nitrogens with one attached hydrogen (secondary N) is 2. The SMILES string of the molecule is C/C=C(\C)n1cc(NS(=O)(=O)C2(C(O)CC)CC2)c(Nc2ccc(Br)cc2C(F)(F)F)c(F)c1=O. The molecule has 7 nitrogen and oxygen atoms in total. The summed E-state index contributed by atoms with van der Waals surface area (Å²) in [5.74, 6) is -1.48. The number of nitrogens with zero attached hydrogens (tertiary/aromatic N) is 1. The Bertz CT molecular complexity index is 1340. The second-order valence-electron chi connectivity index (χ2n) is 8.24. The Hall–Kier alpha value is -2.38. The van der Waals surface area contributed by atoms with Gasteiger partial charge >= 0.3 is 6.18 Å². The Morgan fingerprint density at radius 3 is 2.46 bits per heavy atom. The maximum atomic E-state index is 15.3. The van der Waals surface area contributed by atoms with Crippen molar-refractivity contribution in [1.82, 2.24) is 4.57 Å². The molecule has 192 valence electrons. The van der Waals surface area contributed by atoms with Crippen LogP contribution in [0.25, 0.3) is 5.70 Å². The molecule has 1 fully saturated rings. The van der Waals surface area contributed by atoms with Gasteiger partial charge in [0.25, 0.3) is 5.56 Å². The fourth-order valence-electron chi connectivity index (χ4n) is 3.70. The number of aromatic nitrogens is 1. The standard InChI is InChI=1S/C22H24BrF4N3O4S/c1-4-12(3)30-11-16(29-35(33,34)21(8-9-21)17(31)5-2)19(18(24)20(30)32)28-15-7-6-13(23)10-14(15)22(25,26)27/h4,6-7,10-11,17,28-29,31H,5,8-9H2,1-3H3/b12-4+. The van der Waals surface area contributed by atoms with Crippen LogP contribution in [0.4, 0.5) is 34.6 Å². The van der Waals surface area contributed by atoms with Crippen LogP contribution in [0.2, 0.25) is 0 Å². The molecule has 1 heterocycles. The summed E-state index contributed by atoms with van der Waals surface area (Å²) in [7, 11) is -4.32. The predicted octanol–water partition coefficient (Wildman–Crippen LogP) is 5.44. The minimum Gasteiger partial charge on any atom is -0.391 e. The van der Waals surface area contributed by atoms with Gasteiger partial charge in [-0.05, 0) is 51.3 Å². The van der Waals surface area contributed by atoms with E-state index in [1.165, 1.54) is 19.1 Å². The molecular weight excluding hydrogens is 558 g/mol. The van der Waals surface area contributed by atoms with Crippen molar-refractivity contribution in [3.8, 4) is 0 Å². The highest BCUT2D eigenvalue weighted by molar-refractivity contribution is 9.10. The van der Waals surface area contributed by atoms with Gasteiger partial charge in [0.05, 0.1) is 23.0 Å². The summed E-state index contributed by atoms with van der Waals surface area (Å²) in [4.78, 5) is 12.7. The zero-order valence-corrected chi connectivity index (χ0v) is 21.4. The number of hydrogen-bond acceptors (Lipinski definition) is 5. The molecule has 0 bridgehead atoms. The zero-order chi connectivity index (χ0) is 26.3. The van der Waals surface area contributed by atoms with E-state index in [1.807, 2.05) is 0 Å². The lowest BCUT2D eigenvalue weighted by Gasteiger charge is -2.24. The minimum absolute atomic E-state index is 0.111. The number of aliphatic hydroxyl groups is 1. The molecule has 0 spiro atoms. The molecule has 1 aliphatic carbocycles. The van der Waals surface area contributed by atoms with Crippen LogP contribution < -0.4 is 15.6 Å². The van der Waals surface area contributed by atoms with E-state index in [0.29, 0.717) is 0 Å². The van der Waals surface area contributed by atoms with Crippen molar-refractivity contribution in [2.45, 2.75) is 57.1 Å². The fraction of sp³-hybridized carbons (Fsp3) is 0.409. The summed E-state index contributed by atoms with van der Waals surface area (Å²) >= 11 is 2.96. The van der Waals surface area contributed by atoms with Crippen LogP contribution in [0.5, 0.6) is 0 Å². The summed E-state index contributed by atoms with van der Waals surface area (Å²) < 4.78 is 84.3. The number of anilines is 3. The number of allylic oxidation sites excluding steroid dienone is 2. The molecule has 0 saturated heterocycles. The second kappa shape index (κ2) is 9.58. The highest BCUT2D eigenvalue weighted by atomic mass is 79.9.